The molecule has 1 aromatic carbocycles. The largest absolute Gasteiger partial charge is 0.497 e. The lowest BCUT2D eigenvalue weighted by atomic mass is 9.96. The van der Waals surface area contributed by atoms with E-state index in [2.05, 4.69) is 10.4 Å². The second-order valence-electron chi connectivity index (χ2n) is 9.81. The van der Waals surface area contributed by atoms with E-state index in [1.165, 1.54) is 7.11 Å². The standard InChI is InChI=1S/C26H33N5O5/c1-29-21-10-12-31(25(33)19-9-8-18(35-2)13-22(19)36-3)15-20(21)23(28-29)26(34)30-11-4-5-16(14-30)24(32)27-17-6-7-17/h8-9,13,16-17H,4-7,10-12,14-15H2,1-3H3,(H,27,32). The smallest absolute Gasteiger partial charge is 0.274 e. The lowest BCUT2D eigenvalue weighted by molar-refractivity contribution is -0.126. The molecule has 0 radical (unpaired) electrons. The van der Waals surface area contributed by atoms with Crippen molar-refractivity contribution < 1.29 is 23.9 Å². The number of hydrogen-bond donors (Lipinski definition) is 1. The number of ether oxygens (including phenoxy) is 2. The number of nitrogens with zero attached hydrogens (tertiary/aromatic N) is 4. The van der Waals surface area contributed by atoms with E-state index in [0.717, 1.165) is 36.9 Å². The molecular formula is C26H33N5O5. The van der Waals surface area contributed by atoms with Crippen LogP contribution in [0.15, 0.2) is 18.2 Å². The van der Waals surface area contributed by atoms with Crippen molar-refractivity contribution in [2.24, 2.45) is 13.0 Å². The third-order valence-electron chi connectivity index (χ3n) is 7.37. The molecule has 2 aliphatic heterocycles. The van der Waals surface area contributed by atoms with Gasteiger partial charge in [0.2, 0.25) is 5.91 Å². The fourth-order valence-electron chi connectivity index (χ4n) is 5.16. The monoisotopic (exact) mass is 495 g/mol. The van der Waals surface area contributed by atoms with Crippen molar-refractivity contribution in [1.82, 2.24) is 24.9 Å². The SMILES string of the molecule is COc1ccc(C(=O)N2CCc3c(c(C(=O)N4CCCC(C(=O)NC5CC5)C4)nn3C)C2)c(OC)c1. The molecule has 5 rings (SSSR count). The summed E-state index contributed by atoms with van der Waals surface area (Å²) in [6, 6.07) is 5.43. The first-order chi connectivity index (χ1) is 17.4. The maximum Gasteiger partial charge on any atom is 0.274 e. The number of piperidine rings is 1. The maximum atomic E-state index is 13.6. The van der Waals surface area contributed by atoms with Crippen molar-refractivity contribution in [2.45, 2.75) is 44.7 Å². The Morgan fingerprint density at radius 1 is 1.03 bits per heavy atom. The highest BCUT2D eigenvalue weighted by atomic mass is 16.5. The van der Waals surface area contributed by atoms with Crippen LogP contribution in [0.3, 0.4) is 0 Å². The van der Waals surface area contributed by atoms with Gasteiger partial charge in [-0.05, 0) is 37.8 Å². The average molecular weight is 496 g/mol. The molecule has 1 aliphatic carbocycles. The predicted octanol–water partition coefficient (Wildman–Crippen LogP) is 1.77. The normalized spacial score (nSPS) is 19.5. The molecule has 10 nitrogen and oxygen atoms in total. The van der Waals surface area contributed by atoms with E-state index in [4.69, 9.17) is 9.47 Å². The van der Waals surface area contributed by atoms with Gasteiger partial charge in [-0.3, -0.25) is 19.1 Å². The number of rotatable bonds is 6. The van der Waals surface area contributed by atoms with Crippen LogP contribution in [-0.2, 0) is 24.8 Å². The molecule has 1 saturated carbocycles. The summed E-state index contributed by atoms with van der Waals surface area (Å²) >= 11 is 0. The van der Waals surface area contributed by atoms with E-state index in [1.807, 2.05) is 7.05 Å². The zero-order valence-corrected chi connectivity index (χ0v) is 21.1. The van der Waals surface area contributed by atoms with Crippen LogP contribution in [-0.4, -0.2) is 77.2 Å². The molecule has 1 aromatic heterocycles. The van der Waals surface area contributed by atoms with Gasteiger partial charge in [-0.15, -0.1) is 0 Å². The summed E-state index contributed by atoms with van der Waals surface area (Å²) in [4.78, 5) is 43.1. The molecule has 1 saturated heterocycles. The summed E-state index contributed by atoms with van der Waals surface area (Å²) in [6.45, 7) is 1.80. The van der Waals surface area contributed by atoms with Crippen LogP contribution in [0.25, 0.3) is 0 Å². The molecule has 2 fully saturated rings. The Bertz CT molecular complexity index is 1190. The molecule has 3 aliphatic rings. The van der Waals surface area contributed by atoms with E-state index in [1.54, 1.807) is 39.8 Å². The molecule has 1 unspecified atom stereocenters. The minimum absolute atomic E-state index is 0.0447. The van der Waals surface area contributed by atoms with Crippen LogP contribution in [0.4, 0.5) is 0 Å². The van der Waals surface area contributed by atoms with Gasteiger partial charge < -0.3 is 24.6 Å². The first kappa shape index (κ1) is 24.1. The number of nitrogens with one attached hydrogen (secondary N) is 1. The third kappa shape index (κ3) is 4.64. The molecule has 1 N–H and O–H groups in total. The Morgan fingerprint density at radius 3 is 2.56 bits per heavy atom. The first-order valence-electron chi connectivity index (χ1n) is 12.5. The van der Waals surface area contributed by atoms with Gasteiger partial charge in [-0.2, -0.15) is 5.10 Å². The van der Waals surface area contributed by atoms with Gasteiger partial charge in [-0.1, -0.05) is 0 Å². The Kier molecular flexibility index (Phi) is 6.59. The number of amides is 3. The number of carbonyl (C=O) groups excluding carboxylic acids is 3. The van der Waals surface area contributed by atoms with E-state index in [9.17, 15) is 14.4 Å². The number of carbonyl (C=O) groups is 3. The van der Waals surface area contributed by atoms with Crippen LogP contribution in [0, 0.1) is 5.92 Å². The van der Waals surface area contributed by atoms with Gasteiger partial charge in [0.25, 0.3) is 11.8 Å². The Morgan fingerprint density at radius 2 is 1.83 bits per heavy atom. The summed E-state index contributed by atoms with van der Waals surface area (Å²) in [6.07, 6.45) is 4.25. The summed E-state index contributed by atoms with van der Waals surface area (Å²) in [5.41, 5.74) is 2.55. The molecule has 192 valence electrons. The summed E-state index contributed by atoms with van der Waals surface area (Å²) in [7, 11) is 4.92. The number of hydrogen-bond acceptors (Lipinski definition) is 6. The van der Waals surface area contributed by atoms with Crippen LogP contribution in [0.5, 0.6) is 11.5 Å². The summed E-state index contributed by atoms with van der Waals surface area (Å²) in [5.74, 6) is 0.558. The number of likely N-dealkylation sites (tertiary alicyclic amines) is 1. The Labute approximate surface area is 210 Å². The topological polar surface area (TPSA) is 106 Å². The molecule has 3 heterocycles. The fraction of sp³-hybridized carbons (Fsp3) is 0.538. The first-order valence-corrected chi connectivity index (χ1v) is 12.5. The molecule has 3 amide bonds. The van der Waals surface area contributed by atoms with Gasteiger partial charge in [0, 0.05) is 56.5 Å². The lowest BCUT2D eigenvalue weighted by Crippen LogP contribution is -2.46. The van der Waals surface area contributed by atoms with Crippen molar-refractivity contribution in [3.63, 3.8) is 0 Å². The number of methoxy groups -OCH3 is 2. The van der Waals surface area contributed by atoms with Crippen LogP contribution in [0.2, 0.25) is 0 Å². The molecule has 1 atom stereocenters. The quantitative estimate of drug-likeness (QED) is 0.655. The van der Waals surface area contributed by atoms with E-state index >= 15 is 0 Å². The van der Waals surface area contributed by atoms with Crippen molar-refractivity contribution in [1.29, 1.82) is 0 Å². The molecule has 0 spiro atoms. The van der Waals surface area contributed by atoms with Crippen LogP contribution in [0.1, 0.15) is 57.8 Å². The zero-order chi connectivity index (χ0) is 25.4. The second-order valence-corrected chi connectivity index (χ2v) is 9.81. The Hall–Kier alpha value is -3.56. The number of fused-ring (bicyclic) bond motifs is 1. The molecular weight excluding hydrogens is 462 g/mol. The summed E-state index contributed by atoms with van der Waals surface area (Å²) in [5, 5.41) is 7.63. The van der Waals surface area contributed by atoms with Crippen molar-refractivity contribution >= 4 is 17.7 Å². The van der Waals surface area contributed by atoms with Crippen LogP contribution >= 0.6 is 0 Å². The number of benzene rings is 1. The van der Waals surface area contributed by atoms with Gasteiger partial charge in [0.15, 0.2) is 5.69 Å². The van der Waals surface area contributed by atoms with Gasteiger partial charge in [0.1, 0.15) is 11.5 Å². The van der Waals surface area contributed by atoms with Crippen molar-refractivity contribution in [2.75, 3.05) is 33.9 Å². The number of aryl methyl sites for hydroxylation is 1. The molecule has 0 bridgehead atoms. The molecule has 36 heavy (non-hydrogen) atoms. The fourth-order valence-corrected chi connectivity index (χ4v) is 5.16. The van der Waals surface area contributed by atoms with E-state index in [-0.39, 0.29) is 30.2 Å². The number of aromatic nitrogens is 2. The highest BCUT2D eigenvalue weighted by molar-refractivity contribution is 5.98. The second kappa shape index (κ2) is 9.83. The lowest BCUT2D eigenvalue weighted by Gasteiger charge is -2.32. The third-order valence-corrected chi connectivity index (χ3v) is 7.37. The van der Waals surface area contributed by atoms with Gasteiger partial charge in [-0.25, -0.2) is 0 Å². The summed E-state index contributed by atoms with van der Waals surface area (Å²) < 4.78 is 12.4. The highest BCUT2D eigenvalue weighted by Gasteiger charge is 2.36. The van der Waals surface area contributed by atoms with Crippen molar-refractivity contribution in [3.8, 4) is 11.5 Å². The van der Waals surface area contributed by atoms with E-state index < -0.39 is 0 Å². The average Bonchev–Trinajstić information content (AvgIpc) is 3.67. The Balaban J connectivity index is 1.34. The van der Waals surface area contributed by atoms with Crippen molar-refractivity contribution in [3.05, 3.63) is 40.7 Å². The minimum Gasteiger partial charge on any atom is -0.497 e. The minimum atomic E-state index is -0.191. The molecule has 10 heteroatoms. The van der Waals surface area contributed by atoms with Crippen LogP contribution < -0.4 is 14.8 Å². The van der Waals surface area contributed by atoms with Gasteiger partial charge in [0.05, 0.1) is 32.2 Å². The van der Waals surface area contributed by atoms with E-state index in [0.29, 0.717) is 54.9 Å². The molecule has 2 aromatic rings. The van der Waals surface area contributed by atoms with Gasteiger partial charge >= 0.3 is 0 Å². The maximum absolute atomic E-state index is 13.6. The zero-order valence-electron chi connectivity index (χ0n) is 21.1. The highest BCUT2D eigenvalue weighted by Crippen LogP contribution is 2.30. The predicted molar refractivity (Wildman–Crippen MR) is 131 cm³/mol.